The fourth-order valence-corrected chi connectivity index (χ4v) is 4.74. The van der Waals surface area contributed by atoms with Gasteiger partial charge in [0.15, 0.2) is 0 Å². The Morgan fingerprint density at radius 3 is 2.44 bits per heavy atom. The van der Waals surface area contributed by atoms with E-state index in [2.05, 4.69) is 32.9 Å². The van der Waals surface area contributed by atoms with Gasteiger partial charge in [-0.05, 0) is 54.9 Å². The third-order valence-corrected chi connectivity index (χ3v) is 7.32. The first-order chi connectivity index (χ1) is 16.0. The van der Waals surface area contributed by atoms with Crippen LogP contribution in [0.5, 0.6) is 0 Å². The van der Waals surface area contributed by atoms with E-state index in [0.29, 0.717) is 19.6 Å². The van der Waals surface area contributed by atoms with E-state index in [1.807, 2.05) is 55.6 Å². The van der Waals surface area contributed by atoms with Crippen molar-refractivity contribution in [3.63, 3.8) is 0 Å². The van der Waals surface area contributed by atoms with Crippen LogP contribution in [-0.2, 0) is 11.2 Å². The number of hydrogen-bond acceptors (Lipinski definition) is 3. The summed E-state index contributed by atoms with van der Waals surface area (Å²) >= 11 is 0. The van der Waals surface area contributed by atoms with Crippen LogP contribution in [0.1, 0.15) is 63.9 Å². The van der Waals surface area contributed by atoms with Crippen molar-refractivity contribution in [2.24, 2.45) is 17.3 Å². The molecule has 0 bridgehead atoms. The maximum atomic E-state index is 13.4. The van der Waals surface area contributed by atoms with E-state index in [-0.39, 0.29) is 29.1 Å². The van der Waals surface area contributed by atoms with Crippen molar-refractivity contribution in [2.75, 3.05) is 26.7 Å². The minimum atomic E-state index is -0.331. The summed E-state index contributed by atoms with van der Waals surface area (Å²) < 4.78 is 1.84. The summed E-state index contributed by atoms with van der Waals surface area (Å²) in [6.45, 7) is 14.1. The Labute approximate surface area is 204 Å². The van der Waals surface area contributed by atoms with E-state index in [1.54, 1.807) is 4.90 Å². The van der Waals surface area contributed by atoms with E-state index < -0.39 is 0 Å². The zero-order chi connectivity index (χ0) is 25.2. The highest BCUT2D eigenvalue weighted by molar-refractivity contribution is 6.02. The predicted molar refractivity (Wildman–Crippen MR) is 140 cm³/mol. The molecule has 1 aliphatic rings. The lowest BCUT2D eigenvalue weighted by Gasteiger charge is -2.27. The normalized spacial score (nSPS) is 16.4. The molecule has 1 aromatic carbocycles. The maximum absolute atomic E-state index is 13.4. The van der Waals surface area contributed by atoms with Gasteiger partial charge in [-0.2, -0.15) is 0 Å². The molecule has 0 saturated heterocycles. The number of nitrogens with zero attached hydrogens (tertiary/aromatic N) is 3. The van der Waals surface area contributed by atoms with Crippen LogP contribution in [0.15, 0.2) is 30.5 Å². The Kier molecular flexibility index (Phi) is 7.69. The molecule has 0 spiro atoms. The van der Waals surface area contributed by atoms with E-state index in [1.165, 1.54) is 11.9 Å². The Morgan fingerprint density at radius 2 is 1.85 bits per heavy atom. The fourth-order valence-electron chi connectivity index (χ4n) is 4.74. The molecule has 1 heterocycles. The first-order valence-corrected chi connectivity index (χ1v) is 12.4. The van der Waals surface area contributed by atoms with Gasteiger partial charge in [0.25, 0.3) is 0 Å². The van der Waals surface area contributed by atoms with Gasteiger partial charge in [0.05, 0.1) is 17.8 Å². The Bertz CT molecular complexity index is 1100. The quantitative estimate of drug-likeness (QED) is 0.425. The van der Waals surface area contributed by atoms with E-state index in [4.69, 9.17) is 5.41 Å². The van der Waals surface area contributed by atoms with Crippen molar-refractivity contribution in [1.82, 2.24) is 14.4 Å². The van der Waals surface area contributed by atoms with Crippen molar-refractivity contribution in [3.8, 4) is 0 Å². The highest BCUT2D eigenvalue weighted by Gasteiger charge is 2.31. The molecule has 184 valence electrons. The SMILES string of the molecule is CCN(CC)C(=O)[C@H](/C=C1\CCc2cn(C(=O)C(C)C(C)(C)C)c3cccc1c23)CN(C)C=N. The first kappa shape index (κ1) is 25.7. The summed E-state index contributed by atoms with van der Waals surface area (Å²) in [6, 6.07) is 6.15. The second-order valence-corrected chi connectivity index (χ2v) is 10.5. The van der Waals surface area contributed by atoms with Gasteiger partial charge in [-0.3, -0.25) is 19.6 Å². The van der Waals surface area contributed by atoms with Crippen LogP contribution in [0.25, 0.3) is 16.5 Å². The summed E-state index contributed by atoms with van der Waals surface area (Å²) in [6.07, 6.45) is 7.07. The molecule has 2 atom stereocenters. The first-order valence-electron chi connectivity index (χ1n) is 12.4. The molecular weight excluding hydrogens is 424 g/mol. The molecule has 6 nitrogen and oxygen atoms in total. The van der Waals surface area contributed by atoms with Crippen LogP contribution >= 0.6 is 0 Å². The van der Waals surface area contributed by atoms with Gasteiger partial charge in [0.1, 0.15) is 0 Å². The molecule has 1 N–H and O–H groups in total. The zero-order valence-corrected chi connectivity index (χ0v) is 21.8. The molecule has 0 radical (unpaired) electrons. The standard InChI is InChI=1S/C28H40N4O2/c1-8-31(9-2)27(34)22(16-30(7)18-29)15-20-13-14-21-17-32(26(33)19(3)28(4,5)6)24-12-10-11-23(20)25(21)24/h10-12,15,17-19,22,29H,8-9,13-14,16H2,1-7H3/b20-15+,29-18?/t19?,22-/m1/s1. The van der Waals surface area contributed by atoms with Gasteiger partial charge in [-0.15, -0.1) is 0 Å². The Hall–Kier alpha value is -2.89. The van der Waals surface area contributed by atoms with Gasteiger partial charge in [0.2, 0.25) is 11.8 Å². The monoisotopic (exact) mass is 464 g/mol. The lowest BCUT2D eigenvalue weighted by atomic mass is 9.81. The number of nitrogens with one attached hydrogen (secondary N) is 1. The van der Waals surface area contributed by atoms with Crippen LogP contribution in [0.2, 0.25) is 0 Å². The molecule has 1 aromatic heterocycles. The summed E-state index contributed by atoms with van der Waals surface area (Å²) in [5.74, 6) is -0.225. The Balaban J connectivity index is 2.08. The van der Waals surface area contributed by atoms with E-state index in [0.717, 1.165) is 34.9 Å². The van der Waals surface area contributed by atoms with Gasteiger partial charge < -0.3 is 9.80 Å². The molecule has 1 unspecified atom stereocenters. The molecule has 1 aliphatic carbocycles. The van der Waals surface area contributed by atoms with Crippen molar-refractivity contribution in [2.45, 2.75) is 54.4 Å². The number of aryl methyl sites for hydroxylation is 1. The number of amides is 1. The minimum Gasteiger partial charge on any atom is -0.365 e. The van der Waals surface area contributed by atoms with Crippen LogP contribution in [0, 0.1) is 22.7 Å². The topological polar surface area (TPSA) is 69.4 Å². The molecule has 3 rings (SSSR count). The molecule has 0 aliphatic heterocycles. The summed E-state index contributed by atoms with van der Waals surface area (Å²) in [5, 5.41) is 8.72. The van der Waals surface area contributed by atoms with E-state index >= 15 is 0 Å². The Morgan fingerprint density at radius 1 is 1.18 bits per heavy atom. The molecule has 6 heteroatoms. The molecule has 1 amide bonds. The number of hydrogen-bond donors (Lipinski definition) is 1. The lowest BCUT2D eigenvalue weighted by Crippen LogP contribution is -2.39. The number of carbonyl (C=O) groups excluding carboxylic acids is 2. The molecular formula is C28H40N4O2. The number of carbonyl (C=O) groups is 2. The molecule has 34 heavy (non-hydrogen) atoms. The van der Waals surface area contributed by atoms with Crippen LogP contribution in [-0.4, -0.2) is 59.2 Å². The average Bonchev–Trinajstić information content (AvgIpc) is 3.19. The molecule has 2 aromatic rings. The highest BCUT2D eigenvalue weighted by Crippen LogP contribution is 2.39. The van der Waals surface area contributed by atoms with Crippen molar-refractivity contribution in [3.05, 3.63) is 41.6 Å². The summed E-state index contributed by atoms with van der Waals surface area (Å²) in [7, 11) is 1.83. The smallest absolute Gasteiger partial charge is 0.234 e. The van der Waals surface area contributed by atoms with Gasteiger partial charge in [-0.1, -0.05) is 45.9 Å². The zero-order valence-electron chi connectivity index (χ0n) is 21.8. The number of aromatic nitrogens is 1. The van der Waals surface area contributed by atoms with Crippen molar-refractivity contribution >= 4 is 34.6 Å². The van der Waals surface area contributed by atoms with Gasteiger partial charge in [0, 0.05) is 44.2 Å². The van der Waals surface area contributed by atoms with Crippen molar-refractivity contribution < 1.29 is 9.59 Å². The fraction of sp³-hybridized carbons (Fsp3) is 0.536. The number of allylic oxidation sites excluding steroid dienone is 1. The largest absolute Gasteiger partial charge is 0.365 e. The lowest BCUT2D eigenvalue weighted by molar-refractivity contribution is -0.133. The second kappa shape index (κ2) is 10.2. The number of rotatable bonds is 8. The maximum Gasteiger partial charge on any atom is 0.234 e. The average molecular weight is 465 g/mol. The van der Waals surface area contributed by atoms with Crippen LogP contribution in [0.3, 0.4) is 0 Å². The third-order valence-electron chi connectivity index (χ3n) is 7.32. The molecule has 0 saturated carbocycles. The number of benzene rings is 1. The minimum absolute atomic E-state index is 0.0934. The predicted octanol–water partition coefficient (Wildman–Crippen LogP) is 5.32. The van der Waals surface area contributed by atoms with Gasteiger partial charge in [-0.25, -0.2) is 0 Å². The van der Waals surface area contributed by atoms with Crippen LogP contribution in [0.4, 0.5) is 0 Å². The van der Waals surface area contributed by atoms with E-state index in [9.17, 15) is 9.59 Å². The second-order valence-electron chi connectivity index (χ2n) is 10.5. The summed E-state index contributed by atoms with van der Waals surface area (Å²) in [5.41, 5.74) is 4.29. The van der Waals surface area contributed by atoms with Crippen LogP contribution < -0.4 is 0 Å². The van der Waals surface area contributed by atoms with Crippen molar-refractivity contribution in [1.29, 1.82) is 5.41 Å². The summed E-state index contributed by atoms with van der Waals surface area (Å²) in [4.78, 5) is 30.3. The highest BCUT2D eigenvalue weighted by atomic mass is 16.2. The third kappa shape index (κ3) is 4.96. The molecule has 0 fully saturated rings. The van der Waals surface area contributed by atoms with Gasteiger partial charge >= 0.3 is 0 Å².